The number of hydrogen-bond acceptors (Lipinski definition) is 4. The van der Waals surface area contributed by atoms with Gasteiger partial charge in [-0.25, -0.2) is 4.98 Å². The third-order valence-electron chi connectivity index (χ3n) is 4.62. The maximum absolute atomic E-state index is 13.2. The van der Waals surface area contributed by atoms with E-state index in [9.17, 15) is 9.59 Å². The SMILES string of the molecule is CCCCN1C(=O)[C@@](C)(C(=O)Nc2cc(C)cc(C)c2)Oc2cccnc21. The number of fused-ring (bicyclic) bond motifs is 1. The summed E-state index contributed by atoms with van der Waals surface area (Å²) >= 11 is 0. The molecule has 6 nitrogen and oxygen atoms in total. The number of aromatic nitrogens is 1. The summed E-state index contributed by atoms with van der Waals surface area (Å²) in [4.78, 5) is 32.1. The number of carbonyl (C=O) groups is 2. The third-order valence-corrected chi connectivity index (χ3v) is 4.62. The van der Waals surface area contributed by atoms with Gasteiger partial charge < -0.3 is 10.1 Å². The number of benzene rings is 1. The summed E-state index contributed by atoms with van der Waals surface area (Å²) in [6, 6.07) is 9.22. The van der Waals surface area contributed by atoms with Crippen molar-refractivity contribution in [1.29, 1.82) is 0 Å². The molecule has 0 unspecified atom stereocenters. The van der Waals surface area contributed by atoms with Gasteiger partial charge in [-0.2, -0.15) is 0 Å². The number of unbranched alkanes of at least 4 members (excludes halogenated alkanes) is 1. The smallest absolute Gasteiger partial charge is 0.282 e. The zero-order valence-electron chi connectivity index (χ0n) is 16.2. The van der Waals surface area contributed by atoms with E-state index >= 15 is 0 Å². The molecule has 2 amide bonds. The normalized spacial score (nSPS) is 18.7. The van der Waals surface area contributed by atoms with Crippen LogP contribution in [0, 0.1) is 13.8 Å². The largest absolute Gasteiger partial charge is 0.464 e. The zero-order valence-corrected chi connectivity index (χ0v) is 16.2. The molecule has 0 saturated heterocycles. The number of anilines is 2. The average Bonchev–Trinajstić information content (AvgIpc) is 2.61. The predicted octanol–water partition coefficient (Wildman–Crippen LogP) is 3.62. The average molecular weight is 367 g/mol. The van der Waals surface area contributed by atoms with Crippen molar-refractivity contribution in [3.8, 4) is 5.75 Å². The Kier molecular flexibility index (Phi) is 5.17. The summed E-state index contributed by atoms with van der Waals surface area (Å²) < 4.78 is 5.87. The van der Waals surface area contributed by atoms with Crippen LogP contribution in [0.4, 0.5) is 11.5 Å². The van der Waals surface area contributed by atoms with Crippen molar-refractivity contribution in [2.24, 2.45) is 0 Å². The highest BCUT2D eigenvalue weighted by molar-refractivity contribution is 6.19. The molecule has 1 aliphatic rings. The van der Waals surface area contributed by atoms with Gasteiger partial charge in [-0.05, 0) is 62.6 Å². The van der Waals surface area contributed by atoms with Crippen LogP contribution in [0.25, 0.3) is 0 Å². The number of rotatable bonds is 5. The molecule has 2 aromatic rings. The van der Waals surface area contributed by atoms with E-state index in [1.807, 2.05) is 32.0 Å². The molecular formula is C21H25N3O3. The van der Waals surface area contributed by atoms with E-state index in [1.165, 1.54) is 6.92 Å². The third kappa shape index (κ3) is 3.65. The summed E-state index contributed by atoms with van der Waals surface area (Å²) in [5.74, 6) is 0.0106. The maximum atomic E-state index is 13.2. The molecule has 1 N–H and O–H groups in total. The predicted molar refractivity (Wildman–Crippen MR) is 105 cm³/mol. The monoisotopic (exact) mass is 367 g/mol. The van der Waals surface area contributed by atoms with Crippen LogP contribution in [0.5, 0.6) is 5.75 Å². The molecule has 1 atom stereocenters. The second-order valence-electron chi connectivity index (χ2n) is 7.10. The lowest BCUT2D eigenvalue weighted by atomic mass is 10.00. The molecule has 3 rings (SSSR count). The van der Waals surface area contributed by atoms with Gasteiger partial charge in [0.2, 0.25) is 0 Å². The number of carbonyl (C=O) groups excluding carboxylic acids is 2. The highest BCUT2D eigenvalue weighted by Gasteiger charge is 2.51. The number of pyridine rings is 1. The van der Waals surface area contributed by atoms with Crippen molar-refractivity contribution in [1.82, 2.24) is 4.98 Å². The Bertz CT molecular complexity index is 860. The first kappa shape index (κ1) is 18.9. The van der Waals surface area contributed by atoms with Crippen molar-refractivity contribution in [3.63, 3.8) is 0 Å². The van der Waals surface area contributed by atoms with E-state index in [1.54, 1.807) is 23.2 Å². The summed E-state index contributed by atoms with van der Waals surface area (Å²) in [6.07, 6.45) is 3.36. The number of ether oxygens (including phenoxy) is 1. The van der Waals surface area contributed by atoms with E-state index in [0.29, 0.717) is 23.8 Å². The van der Waals surface area contributed by atoms with Crippen molar-refractivity contribution in [3.05, 3.63) is 47.7 Å². The molecule has 1 aromatic heterocycles. The fourth-order valence-corrected chi connectivity index (χ4v) is 3.25. The van der Waals surface area contributed by atoms with Crippen LogP contribution < -0.4 is 15.0 Å². The Morgan fingerprint density at radius 1 is 1.26 bits per heavy atom. The molecule has 1 aliphatic heterocycles. The van der Waals surface area contributed by atoms with Crippen molar-refractivity contribution >= 4 is 23.3 Å². The van der Waals surface area contributed by atoms with E-state index in [0.717, 1.165) is 24.0 Å². The molecule has 0 saturated carbocycles. The van der Waals surface area contributed by atoms with Gasteiger partial charge in [0, 0.05) is 18.4 Å². The summed E-state index contributed by atoms with van der Waals surface area (Å²) in [6.45, 7) is 7.98. The number of amides is 2. The Balaban J connectivity index is 1.93. The van der Waals surface area contributed by atoms with Crippen molar-refractivity contribution in [2.45, 2.75) is 46.1 Å². The fraction of sp³-hybridized carbons (Fsp3) is 0.381. The van der Waals surface area contributed by atoms with Gasteiger partial charge in [0.05, 0.1) is 0 Å². The first-order chi connectivity index (χ1) is 12.8. The fourth-order valence-electron chi connectivity index (χ4n) is 3.25. The van der Waals surface area contributed by atoms with E-state index in [-0.39, 0.29) is 0 Å². The molecule has 6 heteroatoms. The van der Waals surface area contributed by atoms with Gasteiger partial charge >= 0.3 is 0 Å². The van der Waals surface area contributed by atoms with Crippen LogP contribution in [-0.4, -0.2) is 28.9 Å². The standard InChI is InChI=1S/C21H25N3O3/c1-5-6-10-24-18-17(8-7-9-22-18)27-21(4,20(24)26)19(25)23-16-12-14(2)11-15(3)13-16/h7-9,11-13H,5-6,10H2,1-4H3,(H,23,25)/t21-/m1/s1. The number of nitrogens with zero attached hydrogens (tertiary/aromatic N) is 2. The molecule has 0 spiro atoms. The van der Waals surface area contributed by atoms with Gasteiger partial charge in [0.25, 0.3) is 17.4 Å². The second-order valence-corrected chi connectivity index (χ2v) is 7.10. The molecule has 2 heterocycles. The van der Waals surface area contributed by atoms with Crippen LogP contribution in [0.15, 0.2) is 36.5 Å². The Morgan fingerprint density at radius 2 is 1.96 bits per heavy atom. The molecule has 0 fully saturated rings. The zero-order chi connectivity index (χ0) is 19.6. The van der Waals surface area contributed by atoms with Crippen molar-refractivity contribution in [2.75, 3.05) is 16.8 Å². The molecule has 0 bridgehead atoms. The molecule has 0 aliphatic carbocycles. The van der Waals surface area contributed by atoms with Gasteiger partial charge in [-0.15, -0.1) is 0 Å². The summed E-state index contributed by atoms with van der Waals surface area (Å²) in [5.41, 5.74) is 1.06. The summed E-state index contributed by atoms with van der Waals surface area (Å²) in [5, 5.41) is 2.84. The minimum absolute atomic E-state index is 0.399. The molecule has 0 radical (unpaired) electrons. The Morgan fingerprint density at radius 3 is 2.63 bits per heavy atom. The van der Waals surface area contributed by atoms with Gasteiger partial charge in [-0.1, -0.05) is 19.4 Å². The number of nitrogens with one attached hydrogen (secondary N) is 1. The highest BCUT2D eigenvalue weighted by atomic mass is 16.5. The van der Waals surface area contributed by atoms with E-state index in [4.69, 9.17) is 4.74 Å². The lowest BCUT2D eigenvalue weighted by Crippen LogP contribution is -2.61. The Hall–Kier alpha value is -2.89. The first-order valence-corrected chi connectivity index (χ1v) is 9.21. The van der Waals surface area contributed by atoms with Crippen LogP contribution in [0.1, 0.15) is 37.8 Å². The van der Waals surface area contributed by atoms with Crippen LogP contribution in [0.2, 0.25) is 0 Å². The summed E-state index contributed by atoms with van der Waals surface area (Å²) in [7, 11) is 0. The molecular weight excluding hydrogens is 342 g/mol. The molecule has 142 valence electrons. The molecule has 27 heavy (non-hydrogen) atoms. The van der Waals surface area contributed by atoms with Gasteiger partial charge in [0.15, 0.2) is 11.6 Å². The minimum atomic E-state index is -1.65. The lowest BCUT2D eigenvalue weighted by molar-refractivity contribution is -0.145. The van der Waals surface area contributed by atoms with Crippen molar-refractivity contribution < 1.29 is 14.3 Å². The number of hydrogen-bond donors (Lipinski definition) is 1. The number of aryl methyl sites for hydroxylation is 2. The van der Waals surface area contributed by atoms with Crippen LogP contribution in [0.3, 0.4) is 0 Å². The topological polar surface area (TPSA) is 71.5 Å². The quantitative estimate of drug-likeness (QED) is 0.820. The Labute approximate surface area is 159 Å². The molecule has 1 aromatic carbocycles. The van der Waals surface area contributed by atoms with E-state index < -0.39 is 17.4 Å². The van der Waals surface area contributed by atoms with Gasteiger partial charge in [-0.3, -0.25) is 14.5 Å². The first-order valence-electron chi connectivity index (χ1n) is 9.21. The van der Waals surface area contributed by atoms with Gasteiger partial charge in [0.1, 0.15) is 0 Å². The minimum Gasteiger partial charge on any atom is -0.464 e. The highest BCUT2D eigenvalue weighted by Crippen LogP contribution is 2.36. The second kappa shape index (κ2) is 7.39. The van der Waals surface area contributed by atoms with Crippen LogP contribution >= 0.6 is 0 Å². The lowest BCUT2D eigenvalue weighted by Gasteiger charge is -2.38. The van der Waals surface area contributed by atoms with E-state index in [2.05, 4.69) is 17.2 Å². The maximum Gasteiger partial charge on any atom is 0.282 e. The van der Waals surface area contributed by atoms with Crippen LogP contribution in [-0.2, 0) is 9.59 Å².